The normalized spacial score (nSPS) is 19.8. The van der Waals surface area contributed by atoms with Crippen molar-refractivity contribution >= 4 is 5.91 Å². The second-order valence-electron chi connectivity index (χ2n) is 6.51. The molecule has 0 aliphatic carbocycles. The maximum atomic E-state index is 12.7. The Balaban J connectivity index is 1.55. The van der Waals surface area contributed by atoms with E-state index in [0.29, 0.717) is 19.6 Å². The van der Waals surface area contributed by atoms with Gasteiger partial charge in [-0.2, -0.15) is 0 Å². The molecule has 132 valence electrons. The van der Waals surface area contributed by atoms with Gasteiger partial charge in [0, 0.05) is 6.54 Å². The monoisotopic (exact) mass is 347 g/mol. The van der Waals surface area contributed by atoms with Crippen molar-refractivity contribution in [3.05, 3.63) is 95.9 Å². The van der Waals surface area contributed by atoms with Crippen molar-refractivity contribution < 1.29 is 13.9 Å². The van der Waals surface area contributed by atoms with Crippen molar-refractivity contribution in [3.8, 4) is 0 Å². The first-order valence-corrected chi connectivity index (χ1v) is 8.83. The lowest BCUT2D eigenvalue weighted by Gasteiger charge is -2.26. The molecule has 1 amide bonds. The van der Waals surface area contributed by atoms with Crippen LogP contribution in [0.2, 0.25) is 0 Å². The fraction of sp³-hybridized carbons (Fsp3) is 0.227. The summed E-state index contributed by atoms with van der Waals surface area (Å²) in [5, 5.41) is 0. The van der Waals surface area contributed by atoms with E-state index < -0.39 is 0 Å². The van der Waals surface area contributed by atoms with Crippen LogP contribution in [0.3, 0.4) is 0 Å². The molecule has 2 atom stereocenters. The van der Waals surface area contributed by atoms with E-state index in [2.05, 4.69) is 0 Å². The molecule has 1 fully saturated rings. The van der Waals surface area contributed by atoms with E-state index in [4.69, 9.17) is 9.15 Å². The number of furan rings is 1. The third kappa shape index (κ3) is 3.55. The van der Waals surface area contributed by atoms with E-state index in [1.165, 1.54) is 0 Å². The van der Waals surface area contributed by atoms with Crippen LogP contribution < -0.4 is 0 Å². The SMILES string of the molecule is O=C1C[C@H](OCc2ccccc2)[C@H](c2ccco2)N1Cc1ccccc1. The van der Waals surface area contributed by atoms with Gasteiger partial charge in [-0.25, -0.2) is 0 Å². The van der Waals surface area contributed by atoms with Gasteiger partial charge in [0.05, 0.1) is 25.4 Å². The minimum absolute atomic E-state index is 0.0910. The van der Waals surface area contributed by atoms with E-state index in [1.54, 1.807) is 6.26 Å². The molecule has 0 spiro atoms. The molecule has 0 saturated carbocycles. The Morgan fingerprint density at radius 3 is 2.27 bits per heavy atom. The average Bonchev–Trinajstić information content (AvgIpc) is 3.30. The number of amides is 1. The van der Waals surface area contributed by atoms with Crippen LogP contribution in [-0.4, -0.2) is 16.9 Å². The molecule has 1 saturated heterocycles. The van der Waals surface area contributed by atoms with E-state index >= 15 is 0 Å². The van der Waals surface area contributed by atoms with E-state index in [9.17, 15) is 4.79 Å². The summed E-state index contributed by atoms with van der Waals surface area (Å²) in [6, 6.07) is 23.6. The highest BCUT2D eigenvalue weighted by molar-refractivity contribution is 5.80. The maximum Gasteiger partial charge on any atom is 0.226 e. The first-order chi connectivity index (χ1) is 12.8. The number of rotatable bonds is 6. The summed E-state index contributed by atoms with van der Waals surface area (Å²) in [5.74, 6) is 0.859. The van der Waals surface area contributed by atoms with Crippen molar-refractivity contribution in [2.45, 2.75) is 31.7 Å². The van der Waals surface area contributed by atoms with Gasteiger partial charge in [0.1, 0.15) is 11.8 Å². The quantitative estimate of drug-likeness (QED) is 0.666. The van der Waals surface area contributed by atoms with Crippen LogP contribution in [0.4, 0.5) is 0 Å². The summed E-state index contributed by atoms with van der Waals surface area (Å²) in [6.07, 6.45) is 1.79. The Morgan fingerprint density at radius 1 is 0.923 bits per heavy atom. The van der Waals surface area contributed by atoms with Crippen molar-refractivity contribution in [1.29, 1.82) is 0 Å². The second kappa shape index (κ2) is 7.58. The van der Waals surface area contributed by atoms with E-state index in [1.807, 2.05) is 77.7 Å². The smallest absolute Gasteiger partial charge is 0.226 e. The van der Waals surface area contributed by atoms with Crippen LogP contribution in [0.1, 0.15) is 29.3 Å². The largest absolute Gasteiger partial charge is 0.467 e. The first-order valence-electron chi connectivity index (χ1n) is 8.83. The molecule has 2 heterocycles. The Kier molecular flexibility index (Phi) is 4.84. The van der Waals surface area contributed by atoms with E-state index in [-0.39, 0.29) is 18.1 Å². The predicted octanol–water partition coefficient (Wildman–Crippen LogP) is 4.34. The molecule has 0 bridgehead atoms. The van der Waals surface area contributed by atoms with Crippen LogP contribution in [0.5, 0.6) is 0 Å². The summed E-state index contributed by atoms with van der Waals surface area (Å²) < 4.78 is 11.8. The zero-order valence-corrected chi connectivity index (χ0v) is 14.5. The number of hydrogen-bond donors (Lipinski definition) is 0. The van der Waals surface area contributed by atoms with Gasteiger partial charge < -0.3 is 14.1 Å². The predicted molar refractivity (Wildman–Crippen MR) is 98.1 cm³/mol. The number of likely N-dealkylation sites (tertiary alicyclic amines) is 1. The highest BCUT2D eigenvalue weighted by Gasteiger charge is 2.43. The molecule has 3 aromatic rings. The molecule has 0 radical (unpaired) electrons. The molecule has 4 nitrogen and oxygen atoms in total. The highest BCUT2D eigenvalue weighted by Crippen LogP contribution is 2.37. The van der Waals surface area contributed by atoms with Gasteiger partial charge in [-0.3, -0.25) is 4.79 Å². The van der Waals surface area contributed by atoms with Crippen molar-refractivity contribution in [3.63, 3.8) is 0 Å². The summed E-state index contributed by atoms with van der Waals surface area (Å²) in [6.45, 7) is 1.03. The van der Waals surface area contributed by atoms with Crippen LogP contribution in [0.25, 0.3) is 0 Å². The topological polar surface area (TPSA) is 42.7 Å². The van der Waals surface area contributed by atoms with Crippen LogP contribution in [-0.2, 0) is 22.7 Å². The molecular formula is C22H21NO3. The van der Waals surface area contributed by atoms with Gasteiger partial charge in [0.2, 0.25) is 5.91 Å². The molecule has 4 heteroatoms. The molecule has 1 aromatic heterocycles. The molecule has 4 rings (SSSR count). The van der Waals surface area contributed by atoms with Gasteiger partial charge in [0.25, 0.3) is 0 Å². The average molecular weight is 347 g/mol. The molecular weight excluding hydrogens is 326 g/mol. The zero-order valence-electron chi connectivity index (χ0n) is 14.5. The number of carbonyl (C=O) groups is 1. The van der Waals surface area contributed by atoms with Crippen LogP contribution in [0, 0.1) is 0 Å². The number of nitrogens with zero attached hydrogens (tertiary/aromatic N) is 1. The number of hydrogen-bond acceptors (Lipinski definition) is 3. The summed E-state index contributed by atoms with van der Waals surface area (Å²) in [7, 11) is 0. The molecule has 2 aromatic carbocycles. The minimum Gasteiger partial charge on any atom is -0.467 e. The van der Waals surface area contributed by atoms with Gasteiger partial charge in [-0.1, -0.05) is 60.7 Å². The second-order valence-corrected chi connectivity index (χ2v) is 6.51. The Bertz CT molecular complexity index is 830. The molecule has 1 aliphatic rings. The summed E-state index contributed by atoms with van der Waals surface area (Å²) >= 11 is 0. The Morgan fingerprint density at radius 2 is 1.62 bits per heavy atom. The van der Waals surface area contributed by atoms with Crippen molar-refractivity contribution in [2.75, 3.05) is 0 Å². The summed E-state index contributed by atoms with van der Waals surface area (Å²) in [4.78, 5) is 14.6. The lowest BCUT2D eigenvalue weighted by atomic mass is 10.1. The number of carbonyl (C=O) groups excluding carboxylic acids is 1. The number of ether oxygens (including phenoxy) is 1. The standard InChI is InChI=1S/C22H21NO3/c24-21-14-20(26-16-18-10-5-2-6-11-18)22(19-12-7-13-25-19)23(21)15-17-8-3-1-4-9-17/h1-13,20,22H,14-16H2/t20-,22-/m0/s1. The third-order valence-electron chi connectivity index (χ3n) is 4.72. The fourth-order valence-corrected chi connectivity index (χ4v) is 3.45. The minimum atomic E-state index is -0.224. The Hall–Kier alpha value is -2.85. The van der Waals surface area contributed by atoms with Gasteiger partial charge in [-0.15, -0.1) is 0 Å². The highest BCUT2D eigenvalue weighted by atomic mass is 16.5. The third-order valence-corrected chi connectivity index (χ3v) is 4.72. The van der Waals surface area contributed by atoms with Crippen molar-refractivity contribution in [1.82, 2.24) is 4.90 Å². The fourth-order valence-electron chi connectivity index (χ4n) is 3.45. The van der Waals surface area contributed by atoms with Crippen LogP contribution in [0.15, 0.2) is 83.5 Å². The molecule has 0 unspecified atom stereocenters. The lowest BCUT2D eigenvalue weighted by molar-refractivity contribution is -0.129. The first kappa shape index (κ1) is 16.6. The molecule has 26 heavy (non-hydrogen) atoms. The van der Waals surface area contributed by atoms with Crippen molar-refractivity contribution in [2.24, 2.45) is 0 Å². The molecule has 0 N–H and O–H groups in total. The zero-order chi connectivity index (χ0) is 17.8. The summed E-state index contributed by atoms with van der Waals surface area (Å²) in [5.41, 5.74) is 2.20. The van der Waals surface area contributed by atoms with Gasteiger partial charge >= 0.3 is 0 Å². The molecule has 1 aliphatic heterocycles. The van der Waals surface area contributed by atoms with Gasteiger partial charge in [-0.05, 0) is 23.3 Å². The lowest BCUT2D eigenvalue weighted by Crippen LogP contribution is -2.30. The maximum absolute atomic E-state index is 12.7. The van der Waals surface area contributed by atoms with E-state index in [0.717, 1.165) is 16.9 Å². The number of benzene rings is 2. The van der Waals surface area contributed by atoms with Gasteiger partial charge in [0.15, 0.2) is 0 Å². The Labute approximate surface area is 153 Å². The van der Waals surface area contributed by atoms with Crippen LogP contribution >= 0.6 is 0 Å².